The van der Waals surface area contributed by atoms with Gasteiger partial charge in [0, 0.05) is 13.3 Å². The van der Waals surface area contributed by atoms with Gasteiger partial charge in [0.05, 0.1) is 17.0 Å². The zero-order valence-electron chi connectivity index (χ0n) is 12.1. The topological polar surface area (TPSA) is 119 Å². The minimum Gasteiger partial charge on any atom is -0.452 e. The van der Waals surface area contributed by atoms with Crippen LogP contribution >= 0.6 is 0 Å². The van der Waals surface area contributed by atoms with E-state index in [1.165, 1.54) is 31.3 Å². The molecule has 120 valence electrons. The van der Waals surface area contributed by atoms with E-state index in [1.54, 1.807) is 0 Å². The summed E-state index contributed by atoms with van der Waals surface area (Å²) in [5.41, 5.74) is 0.117. The number of nitrogens with one attached hydrogen (secondary N) is 2. The maximum Gasteiger partial charge on any atom is 0.338 e. The lowest BCUT2D eigenvalue weighted by Gasteiger charge is -2.06. The highest BCUT2D eigenvalue weighted by Crippen LogP contribution is 2.11. The average molecular weight is 328 g/mol. The number of rotatable bonds is 6. The molecule has 0 aliphatic carbocycles. The van der Waals surface area contributed by atoms with Gasteiger partial charge in [-0.2, -0.15) is 0 Å². The molecule has 2 N–H and O–H groups in total. The molecule has 0 radical (unpaired) electrons. The molecule has 0 spiro atoms. The summed E-state index contributed by atoms with van der Waals surface area (Å²) in [6, 6.07) is 5.14. The third-order valence-corrected chi connectivity index (χ3v) is 3.71. The molecule has 0 aliphatic rings. The van der Waals surface area contributed by atoms with Gasteiger partial charge in [-0.15, -0.1) is 0 Å². The van der Waals surface area contributed by atoms with Gasteiger partial charge in [-0.3, -0.25) is 9.59 Å². The number of esters is 1. The molecule has 1 rings (SSSR count). The quantitative estimate of drug-likeness (QED) is 0.654. The van der Waals surface area contributed by atoms with E-state index in [2.05, 4.69) is 10.6 Å². The number of likely N-dealkylation sites (N-methyl/N-ethyl adjacent to an activating group) is 1. The van der Waals surface area contributed by atoms with Gasteiger partial charge in [-0.1, -0.05) is 0 Å². The van der Waals surface area contributed by atoms with Crippen molar-refractivity contribution in [2.75, 3.05) is 26.5 Å². The molecule has 8 nitrogen and oxygen atoms in total. The monoisotopic (exact) mass is 328 g/mol. The van der Waals surface area contributed by atoms with Crippen molar-refractivity contribution in [3.8, 4) is 0 Å². The normalized spacial score (nSPS) is 10.6. The molecule has 0 unspecified atom stereocenters. The second-order valence-electron chi connectivity index (χ2n) is 4.32. The Balaban J connectivity index is 2.52. The predicted octanol–water partition coefficient (Wildman–Crippen LogP) is -0.891. The molecule has 2 amide bonds. The van der Waals surface area contributed by atoms with Gasteiger partial charge in [0.1, 0.15) is 0 Å². The average Bonchev–Trinajstić information content (AvgIpc) is 2.49. The van der Waals surface area contributed by atoms with Crippen LogP contribution in [0, 0.1) is 0 Å². The Morgan fingerprint density at radius 1 is 1.09 bits per heavy atom. The van der Waals surface area contributed by atoms with Crippen LogP contribution in [0.5, 0.6) is 0 Å². The number of ether oxygens (including phenoxy) is 1. The highest BCUT2D eigenvalue weighted by atomic mass is 32.2. The van der Waals surface area contributed by atoms with Gasteiger partial charge >= 0.3 is 5.97 Å². The lowest BCUT2D eigenvalue weighted by Crippen LogP contribution is -2.37. The molecular weight excluding hydrogens is 312 g/mol. The van der Waals surface area contributed by atoms with Crippen LogP contribution in [0.4, 0.5) is 0 Å². The SMILES string of the molecule is CNC(=O)CNC(=O)COC(=O)c1ccc(S(C)(=O)=O)cc1. The summed E-state index contributed by atoms with van der Waals surface area (Å²) in [5, 5.41) is 4.58. The zero-order chi connectivity index (χ0) is 16.8. The molecule has 0 aliphatic heterocycles. The van der Waals surface area contributed by atoms with Crippen molar-refractivity contribution in [3.63, 3.8) is 0 Å². The molecule has 1 aromatic rings. The van der Waals surface area contributed by atoms with Crippen LogP contribution in [0.25, 0.3) is 0 Å². The Morgan fingerprint density at radius 3 is 2.18 bits per heavy atom. The predicted molar refractivity (Wildman–Crippen MR) is 76.9 cm³/mol. The molecule has 0 atom stereocenters. The fraction of sp³-hybridized carbons (Fsp3) is 0.308. The summed E-state index contributed by atoms with van der Waals surface area (Å²) in [4.78, 5) is 34.0. The van der Waals surface area contributed by atoms with E-state index in [0.29, 0.717) is 0 Å². The molecular formula is C13H16N2O6S. The van der Waals surface area contributed by atoms with E-state index >= 15 is 0 Å². The lowest BCUT2D eigenvalue weighted by atomic mass is 10.2. The van der Waals surface area contributed by atoms with Crippen molar-refractivity contribution >= 4 is 27.6 Å². The van der Waals surface area contributed by atoms with Gasteiger partial charge < -0.3 is 15.4 Å². The van der Waals surface area contributed by atoms with Crippen LogP contribution in [0.1, 0.15) is 10.4 Å². The summed E-state index contributed by atoms with van der Waals surface area (Å²) in [5.74, 6) is -1.77. The largest absolute Gasteiger partial charge is 0.452 e. The van der Waals surface area contributed by atoms with Crippen LogP contribution in [0.15, 0.2) is 29.2 Å². The first-order chi connectivity index (χ1) is 10.2. The summed E-state index contributed by atoms with van der Waals surface area (Å²) in [6.45, 7) is -0.750. The van der Waals surface area contributed by atoms with Gasteiger partial charge in [-0.25, -0.2) is 13.2 Å². The van der Waals surface area contributed by atoms with E-state index in [4.69, 9.17) is 4.74 Å². The fourth-order valence-corrected chi connectivity index (χ4v) is 2.00. The second kappa shape index (κ2) is 7.55. The Hall–Kier alpha value is -2.42. The molecule has 0 fully saturated rings. The maximum absolute atomic E-state index is 11.7. The standard InChI is InChI=1S/C13H16N2O6S/c1-14-11(16)7-15-12(17)8-21-13(18)9-3-5-10(6-4-9)22(2,19)20/h3-6H,7-8H2,1-2H3,(H,14,16)(H,15,17). The van der Waals surface area contributed by atoms with Gasteiger partial charge in [0.15, 0.2) is 16.4 Å². The van der Waals surface area contributed by atoms with Crippen molar-refractivity contribution in [1.29, 1.82) is 0 Å². The van der Waals surface area contributed by atoms with E-state index < -0.39 is 28.3 Å². The summed E-state index contributed by atoms with van der Waals surface area (Å²) in [6.07, 6.45) is 1.05. The first-order valence-electron chi connectivity index (χ1n) is 6.18. The molecule has 0 saturated carbocycles. The minimum absolute atomic E-state index is 0.0763. The molecule has 22 heavy (non-hydrogen) atoms. The summed E-state index contributed by atoms with van der Waals surface area (Å²) < 4.78 is 27.3. The van der Waals surface area contributed by atoms with Crippen LogP contribution in [-0.4, -0.2) is 52.7 Å². The van der Waals surface area contributed by atoms with E-state index in [1.807, 2.05) is 0 Å². The Labute approximate surface area is 127 Å². The van der Waals surface area contributed by atoms with Crippen LogP contribution < -0.4 is 10.6 Å². The molecule has 0 heterocycles. The van der Waals surface area contributed by atoms with Crippen LogP contribution in [-0.2, 0) is 24.2 Å². The smallest absolute Gasteiger partial charge is 0.338 e. The molecule has 0 bridgehead atoms. The zero-order valence-corrected chi connectivity index (χ0v) is 12.9. The number of carbonyl (C=O) groups excluding carboxylic acids is 3. The highest BCUT2D eigenvalue weighted by molar-refractivity contribution is 7.90. The van der Waals surface area contributed by atoms with E-state index in [0.717, 1.165) is 6.26 Å². The second-order valence-corrected chi connectivity index (χ2v) is 6.34. The Morgan fingerprint density at radius 2 is 1.68 bits per heavy atom. The first-order valence-corrected chi connectivity index (χ1v) is 8.07. The molecule has 0 aromatic heterocycles. The van der Waals surface area contributed by atoms with Crippen LogP contribution in [0.3, 0.4) is 0 Å². The van der Waals surface area contributed by atoms with Gasteiger partial charge in [-0.05, 0) is 24.3 Å². The molecule has 1 aromatic carbocycles. The maximum atomic E-state index is 11.7. The molecule has 9 heteroatoms. The van der Waals surface area contributed by atoms with Crippen LogP contribution in [0.2, 0.25) is 0 Å². The van der Waals surface area contributed by atoms with Gasteiger partial charge in [0.25, 0.3) is 5.91 Å². The number of amides is 2. The van der Waals surface area contributed by atoms with Gasteiger partial charge in [0.2, 0.25) is 5.91 Å². The van der Waals surface area contributed by atoms with E-state index in [9.17, 15) is 22.8 Å². The first kappa shape index (κ1) is 17.6. The van der Waals surface area contributed by atoms with Crippen molar-refractivity contribution in [1.82, 2.24) is 10.6 Å². The third kappa shape index (κ3) is 5.52. The number of carbonyl (C=O) groups is 3. The van der Waals surface area contributed by atoms with Crippen molar-refractivity contribution in [2.24, 2.45) is 0 Å². The minimum atomic E-state index is -3.34. The van der Waals surface area contributed by atoms with Crippen molar-refractivity contribution < 1.29 is 27.5 Å². The van der Waals surface area contributed by atoms with Crippen molar-refractivity contribution in [3.05, 3.63) is 29.8 Å². The molecule has 0 saturated heterocycles. The Bertz CT molecular complexity index is 666. The highest BCUT2D eigenvalue weighted by Gasteiger charge is 2.12. The Kier molecular flexibility index (Phi) is 6.05. The number of benzene rings is 1. The van der Waals surface area contributed by atoms with E-state index in [-0.39, 0.29) is 22.9 Å². The van der Waals surface area contributed by atoms with Crippen molar-refractivity contribution in [2.45, 2.75) is 4.90 Å². The number of hydrogen-bond acceptors (Lipinski definition) is 6. The summed E-state index contributed by atoms with van der Waals surface area (Å²) in [7, 11) is -1.92. The third-order valence-electron chi connectivity index (χ3n) is 2.58. The number of hydrogen-bond donors (Lipinski definition) is 2. The fourth-order valence-electron chi connectivity index (χ4n) is 1.37. The summed E-state index contributed by atoms with van der Waals surface area (Å²) >= 11 is 0. The number of sulfone groups is 1. The lowest BCUT2D eigenvalue weighted by molar-refractivity contribution is -0.127.